The Labute approximate surface area is 160 Å². The summed E-state index contributed by atoms with van der Waals surface area (Å²) in [6.45, 7) is 4.35. The number of nitrogens with one attached hydrogen (secondary N) is 1. The van der Waals surface area contributed by atoms with Gasteiger partial charge in [-0.25, -0.2) is 9.97 Å². The Morgan fingerprint density at radius 1 is 1.25 bits per heavy atom. The highest BCUT2D eigenvalue weighted by molar-refractivity contribution is 5.96. The summed E-state index contributed by atoms with van der Waals surface area (Å²) in [7, 11) is 0. The lowest BCUT2D eigenvalue weighted by Crippen LogP contribution is -2.44. The van der Waals surface area contributed by atoms with E-state index < -0.39 is 0 Å². The van der Waals surface area contributed by atoms with E-state index in [2.05, 4.69) is 32.0 Å². The quantitative estimate of drug-likeness (QED) is 0.559. The van der Waals surface area contributed by atoms with Gasteiger partial charge >= 0.3 is 6.01 Å². The molecule has 1 aliphatic rings. The summed E-state index contributed by atoms with van der Waals surface area (Å²) >= 11 is 0. The molecule has 0 bridgehead atoms. The Balaban J connectivity index is 1.56. The van der Waals surface area contributed by atoms with Crippen LogP contribution in [0.5, 0.6) is 0 Å². The van der Waals surface area contributed by atoms with Crippen LogP contribution in [0.3, 0.4) is 0 Å². The molecule has 0 unspecified atom stereocenters. The molecule has 1 saturated heterocycles. The number of hydrogen-bond acceptors (Lipinski definition) is 8. The van der Waals surface area contributed by atoms with E-state index in [4.69, 9.17) is 19.9 Å². The van der Waals surface area contributed by atoms with E-state index in [9.17, 15) is 0 Å². The third-order valence-electron chi connectivity index (χ3n) is 4.91. The molecule has 142 valence electrons. The first-order chi connectivity index (χ1) is 13.7. The number of anilines is 2. The molecule has 0 radical (unpaired) electrons. The first-order valence-electron chi connectivity index (χ1n) is 9.07. The van der Waals surface area contributed by atoms with E-state index in [1.54, 1.807) is 6.20 Å². The fraction of sp³-hybridized carbons (Fsp3) is 0.263. The summed E-state index contributed by atoms with van der Waals surface area (Å²) in [4.78, 5) is 14.8. The number of aromatic nitrogens is 5. The normalized spacial score (nSPS) is 17.3. The van der Waals surface area contributed by atoms with Crippen LogP contribution in [-0.4, -0.2) is 50.9 Å². The maximum atomic E-state index is 5.55. The van der Waals surface area contributed by atoms with Gasteiger partial charge in [-0.2, -0.15) is 0 Å². The van der Waals surface area contributed by atoms with Crippen molar-refractivity contribution in [3.63, 3.8) is 0 Å². The lowest BCUT2D eigenvalue weighted by Gasteiger charge is -2.34. The fourth-order valence-corrected chi connectivity index (χ4v) is 3.50. The predicted octanol–water partition coefficient (Wildman–Crippen LogP) is 2.48. The van der Waals surface area contributed by atoms with Gasteiger partial charge in [-0.15, -0.1) is 5.10 Å². The number of rotatable bonds is 3. The molecule has 9 heteroatoms. The van der Waals surface area contributed by atoms with Crippen molar-refractivity contribution in [1.29, 1.82) is 0 Å². The van der Waals surface area contributed by atoms with Crippen LogP contribution in [0.4, 0.5) is 11.8 Å². The van der Waals surface area contributed by atoms with Crippen molar-refractivity contribution in [2.45, 2.75) is 13.0 Å². The Morgan fingerprint density at radius 3 is 3.00 bits per heavy atom. The highest BCUT2D eigenvalue weighted by Crippen LogP contribution is 2.31. The van der Waals surface area contributed by atoms with E-state index in [1.165, 1.54) is 0 Å². The standard InChI is InChI=1S/C19H19N7O2/c1-11-10-27-7-6-26(11)16-4-5-21-17(23-16)14-9-22-15-3-2-12(8-13(14)15)18-24-25-19(20)28-18/h2-5,8-9,11,22H,6-7,10H2,1H3,(H2,20,25)/t11-/m0/s1. The highest BCUT2D eigenvalue weighted by Gasteiger charge is 2.21. The van der Waals surface area contributed by atoms with Crippen molar-refractivity contribution in [1.82, 2.24) is 25.1 Å². The Bertz CT molecular complexity index is 1140. The second-order valence-electron chi connectivity index (χ2n) is 6.76. The molecule has 3 aromatic heterocycles. The molecule has 0 aliphatic carbocycles. The summed E-state index contributed by atoms with van der Waals surface area (Å²) in [6, 6.07) is 8.09. The first-order valence-corrected chi connectivity index (χ1v) is 9.07. The Kier molecular flexibility index (Phi) is 3.94. The highest BCUT2D eigenvalue weighted by atomic mass is 16.5. The maximum Gasteiger partial charge on any atom is 0.313 e. The van der Waals surface area contributed by atoms with Crippen molar-refractivity contribution in [3.8, 4) is 22.8 Å². The number of nitrogen functional groups attached to an aromatic ring is 1. The van der Waals surface area contributed by atoms with Gasteiger partial charge in [0.15, 0.2) is 5.82 Å². The fourth-order valence-electron chi connectivity index (χ4n) is 3.50. The number of nitrogens with two attached hydrogens (primary N) is 1. The minimum Gasteiger partial charge on any atom is -0.404 e. The average molecular weight is 377 g/mol. The SMILES string of the molecule is C[C@H]1COCCN1c1ccnc(-c2c[nH]c3ccc(-c4nnc(N)o4)cc23)n1. The molecule has 0 amide bonds. The van der Waals surface area contributed by atoms with Gasteiger partial charge in [-0.3, -0.25) is 0 Å². The van der Waals surface area contributed by atoms with Crippen molar-refractivity contribution in [3.05, 3.63) is 36.7 Å². The Hall–Kier alpha value is -3.46. The molecule has 0 spiro atoms. The lowest BCUT2D eigenvalue weighted by molar-refractivity contribution is 0.0985. The zero-order valence-corrected chi connectivity index (χ0v) is 15.3. The topological polar surface area (TPSA) is 119 Å². The molecule has 28 heavy (non-hydrogen) atoms. The predicted molar refractivity (Wildman–Crippen MR) is 105 cm³/mol. The molecule has 5 rings (SSSR count). The van der Waals surface area contributed by atoms with E-state index in [0.717, 1.165) is 34.4 Å². The summed E-state index contributed by atoms with van der Waals surface area (Å²) in [5.74, 6) is 1.93. The van der Waals surface area contributed by atoms with Gasteiger partial charge in [0.25, 0.3) is 0 Å². The van der Waals surface area contributed by atoms with Gasteiger partial charge in [-0.1, -0.05) is 5.10 Å². The van der Waals surface area contributed by atoms with Gasteiger partial charge in [0.05, 0.1) is 19.3 Å². The van der Waals surface area contributed by atoms with Crippen molar-refractivity contribution >= 4 is 22.7 Å². The molecule has 9 nitrogen and oxygen atoms in total. The smallest absolute Gasteiger partial charge is 0.313 e. The first kappa shape index (κ1) is 16.7. The molecule has 1 fully saturated rings. The van der Waals surface area contributed by atoms with Crippen molar-refractivity contribution < 1.29 is 9.15 Å². The van der Waals surface area contributed by atoms with Gasteiger partial charge in [0.2, 0.25) is 5.89 Å². The van der Waals surface area contributed by atoms with Crippen LogP contribution in [0.1, 0.15) is 6.92 Å². The monoisotopic (exact) mass is 377 g/mol. The minimum absolute atomic E-state index is 0.0417. The van der Waals surface area contributed by atoms with E-state index in [0.29, 0.717) is 24.9 Å². The van der Waals surface area contributed by atoms with E-state index in [-0.39, 0.29) is 12.1 Å². The zero-order chi connectivity index (χ0) is 19.1. The minimum atomic E-state index is 0.0417. The summed E-state index contributed by atoms with van der Waals surface area (Å²) in [5, 5.41) is 8.66. The number of aromatic amines is 1. The Morgan fingerprint density at radius 2 is 2.18 bits per heavy atom. The molecule has 4 heterocycles. The van der Waals surface area contributed by atoms with Crippen LogP contribution >= 0.6 is 0 Å². The van der Waals surface area contributed by atoms with Crippen LogP contribution in [-0.2, 0) is 4.74 Å². The van der Waals surface area contributed by atoms with Crippen LogP contribution < -0.4 is 10.6 Å². The molecule has 4 aromatic rings. The average Bonchev–Trinajstić information content (AvgIpc) is 3.34. The van der Waals surface area contributed by atoms with Gasteiger partial charge < -0.3 is 24.8 Å². The summed E-state index contributed by atoms with van der Waals surface area (Å²) in [6.07, 6.45) is 3.71. The van der Waals surface area contributed by atoms with E-state index >= 15 is 0 Å². The van der Waals surface area contributed by atoms with Crippen LogP contribution in [0.2, 0.25) is 0 Å². The van der Waals surface area contributed by atoms with E-state index in [1.807, 2.05) is 30.5 Å². The van der Waals surface area contributed by atoms with Crippen molar-refractivity contribution in [2.24, 2.45) is 0 Å². The van der Waals surface area contributed by atoms with Gasteiger partial charge in [0.1, 0.15) is 5.82 Å². The zero-order valence-electron chi connectivity index (χ0n) is 15.3. The second kappa shape index (κ2) is 6.61. The van der Waals surface area contributed by atoms with Crippen LogP contribution in [0.15, 0.2) is 41.1 Å². The largest absolute Gasteiger partial charge is 0.404 e. The number of nitrogens with zero attached hydrogens (tertiary/aromatic N) is 5. The molecular weight excluding hydrogens is 358 g/mol. The summed E-state index contributed by atoms with van der Waals surface area (Å²) < 4.78 is 10.9. The number of H-pyrrole nitrogens is 1. The second-order valence-corrected chi connectivity index (χ2v) is 6.76. The van der Waals surface area contributed by atoms with Crippen LogP contribution in [0.25, 0.3) is 33.7 Å². The number of morpholine rings is 1. The third-order valence-corrected chi connectivity index (χ3v) is 4.91. The molecular formula is C19H19N7O2. The number of fused-ring (bicyclic) bond motifs is 1. The van der Waals surface area contributed by atoms with Crippen molar-refractivity contribution in [2.75, 3.05) is 30.4 Å². The summed E-state index contributed by atoms with van der Waals surface area (Å²) in [5.41, 5.74) is 8.22. The maximum absolute atomic E-state index is 5.55. The number of hydrogen-bond donors (Lipinski definition) is 2. The van der Waals surface area contributed by atoms with Crippen LogP contribution in [0, 0.1) is 0 Å². The molecule has 3 N–H and O–H groups in total. The lowest BCUT2D eigenvalue weighted by atomic mass is 10.1. The molecule has 1 aromatic carbocycles. The van der Waals surface area contributed by atoms with Gasteiger partial charge in [-0.05, 0) is 31.2 Å². The third kappa shape index (κ3) is 2.85. The molecule has 0 saturated carbocycles. The van der Waals surface area contributed by atoms with Gasteiger partial charge in [0, 0.05) is 41.0 Å². The number of ether oxygens (including phenoxy) is 1. The molecule has 1 aliphatic heterocycles. The molecule has 1 atom stereocenters. The number of benzene rings is 1.